The summed E-state index contributed by atoms with van der Waals surface area (Å²) in [6, 6.07) is 4.88. The minimum Gasteiger partial charge on any atom is -0.490 e. The molecule has 0 unspecified atom stereocenters. The first-order valence-corrected chi connectivity index (χ1v) is 8.24. The Bertz CT molecular complexity index is 561. The minimum absolute atomic E-state index is 0. The Hall–Kier alpha value is -1.60. The number of amides is 1. The Kier molecular flexibility index (Phi) is 8.92. The van der Waals surface area contributed by atoms with E-state index in [1.807, 2.05) is 0 Å². The highest BCUT2D eigenvalue weighted by Crippen LogP contribution is 2.34. The standard InChI is InChI=1S/C17H24F2N2O3.ClH/c1-2-23-14-8-4-6-12(15(14)24-17(18)19)10-21-16(22)13-7-3-5-11(13)9-20;/h4,6,8,11,13,17H,2-3,5,7,9-10,20H2,1H3,(H,21,22);1H/t11-,13-;/m1./s1. The summed E-state index contributed by atoms with van der Waals surface area (Å²) in [6.07, 6.45) is 2.75. The molecule has 2 rings (SSSR count). The molecule has 0 saturated heterocycles. The van der Waals surface area contributed by atoms with Crippen LogP contribution in [0.3, 0.4) is 0 Å². The van der Waals surface area contributed by atoms with Crippen LogP contribution in [0.25, 0.3) is 0 Å². The number of carbonyl (C=O) groups excluding carboxylic acids is 1. The molecule has 2 atom stereocenters. The highest BCUT2D eigenvalue weighted by Gasteiger charge is 2.31. The van der Waals surface area contributed by atoms with Crippen molar-refractivity contribution in [2.45, 2.75) is 39.3 Å². The molecule has 25 heavy (non-hydrogen) atoms. The third kappa shape index (κ3) is 5.71. The van der Waals surface area contributed by atoms with Crippen LogP contribution in [-0.4, -0.2) is 25.7 Å². The number of nitrogens with two attached hydrogens (primary N) is 1. The Morgan fingerprint density at radius 1 is 1.40 bits per heavy atom. The Morgan fingerprint density at radius 2 is 2.16 bits per heavy atom. The van der Waals surface area contributed by atoms with Gasteiger partial charge in [0.2, 0.25) is 5.91 Å². The van der Waals surface area contributed by atoms with E-state index in [2.05, 4.69) is 10.1 Å². The van der Waals surface area contributed by atoms with Crippen LogP contribution in [0.5, 0.6) is 11.5 Å². The Labute approximate surface area is 152 Å². The number of alkyl halides is 2. The zero-order valence-electron chi connectivity index (χ0n) is 14.2. The quantitative estimate of drug-likeness (QED) is 0.729. The molecule has 8 heteroatoms. The Morgan fingerprint density at radius 3 is 2.80 bits per heavy atom. The van der Waals surface area contributed by atoms with Gasteiger partial charge >= 0.3 is 6.61 Å². The lowest BCUT2D eigenvalue weighted by Gasteiger charge is -2.19. The second-order valence-electron chi connectivity index (χ2n) is 5.81. The molecular formula is C17H25ClF2N2O3. The van der Waals surface area contributed by atoms with E-state index in [-0.39, 0.29) is 48.2 Å². The first-order valence-electron chi connectivity index (χ1n) is 8.24. The fourth-order valence-electron chi connectivity index (χ4n) is 3.17. The van der Waals surface area contributed by atoms with Gasteiger partial charge in [-0.1, -0.05) is 18.6 Å². The number of halogens is 3. The number of nitrogens with one attached hydrogen (secondary N) is 1. The van der Waals surface area contributed by atoms with Crippen molar-refractivity contribution in [1.82, 2.24) is 5.32 Å². The van der Waals surface area contributed by atoms with Gasteiger partial charge in [-0.05, 0) is 38.3 Å². The molecule has 0 aromatic heterocycles. The largest absolute Gasteiger partial charge is 0.490 e. The van der Waals surface area contributed by atoms with Gasteiger partial charge in [-0.15, -0.1) is 12.4 Å². The number of ether oxygens (including phenoxy) is 2. The second-order valence-corrected chi connectivity index (χ2v) is 5.81. The molecule has 0 heterocycles. The van der Waals surface area contributed by atoms with E-state index in [0.29, 0.717) is 18.7 Å². The van der Waals surface area contributed by atoms with Crippen molar-refractivity contribution >= 4 is 18.3 Å². The molecular weight excluding hydrogens is 354 g/mol. The molecule has 3 N–H and O–H groups in total. The highest BCUT2D eigenvalue weighted by molar-refractivity contribution is 5.85. The van der Waals surface area contributed by atoms with Crippen molar-refractivity contribution in [1.29, 1.82) is 0 Å². The summed E-state index contributed by atoms with van der Waals surface area (Å²) in [7, 11) is 0. The lowest BCUT2D eigenvalue weighted by Crippen LogP contribution is -2.34. The summed E-state index contributed by atoms with van der Waals surface area (Å²) in [4.78, 5) is 12.3. The van der Waals surface area contributed by atoms with E-state index in [0.717, 1.165) is 19.3 Å². The number of carbonyl (C=O) groups is 1. The number of rotatable bonds is 8. The molecule has 1 aromatic carbocycles. The van der Waals surface area contributed by atoms with Gasteiger partial charge in [0.25, 0.3) is 0 Å². The normalized spacial score (nSPS) is 19.4. The van der Waals surface area contributed by atoms with Gasteiger partial charge in [-0.3, -0.25) is 4.79 Å². The smallest absolute Gasteiger partial charge is 0.387 e. The molecule has 0 aliphatic heterocycles. The summed E-state index contributed by atoms with van der Waals surface area (Å²) in [6.45, 7) is -0.283. The van der Waals surface area contributed by atoms with E-state index >= 15 is 0 Å². The lowest BCUT2D eigenvalue weighted by molar-refractivity contribution is -0.126. The molecule has 1 aliphatic carbocycles. The molecule has 0 spiro atoms. The summed E-state index contributed by atoms with van der Waals surface area (Å²) >= 11 is 0. The second kappa shape index (κ2) is 10.4. The van der Waals surface area contributed by atoms with Gasteiger partial charge in [0.05, 0.1) is 6.61 Å². The van der Waals surface area contributed by atoms with E-state index in [9.17, 15) is 13.6 Å². The molecule has 0 bridgehead atoms. The number of para-hydroxylation sites is 1. The lowest BCUT2D eigenvalue weighted by atomic mass is 9.95. The topological polar surface area (TPSA) is 73.6 Å². The number of hydrogen-bond donors (Lipinski definition) is 2. The first kappa shape index (κ1) is 21.4. The van der Waals surface area contributed by atoms with E-state index in [1.165, 1.54) is 0 Å². The summed E-state index contributed by atoms with van der Waals surface area (Å²) in [5.74, 6) is 0.204. The Balaban J connectivity index is 0.00000312. The van der Waals surface area contributed by atoms with Crippen molar-refractivity contribution in [3.05, 3.63) is 23.8 Å². The van der Waals surface area contributed by atoms with Gasteiger partial charge in [0.1, 0.15) is 0 Å². The van der Waals surface area contributed by atoms with E-state index in [1.54, 1.807) is 25.1 Å². The maximum absolute atomic E-state index is 12.7. The molecule has 142 valence electrons. The predicted octanol–water partition coefficient (Wildman–Crippen LogP) is 3.10. The molecule has 1 aliphatic rings. The van der Waals surface area contributed by atoms with Gasteiger partial charge in [0.15, 0.2) is 11.5 Å². The molecule has 5 nitrogen and oxygen atoms in total. The predicted molar refractivity (Wildman–Crippen MR) is 93.2 cm³/mol. The van der Waals surface area contributed by atoms with Crippen LogP contribution in [0.1, 0.15) is 31.7 Å². The van der Waals surface area contributed by atoms with E-state index in [4.69, 9.17) is 10.5 Å². The third-order valence-corrected chi connectivity index (χ3v) is 4.32. The summed E-state index contributed by atoms with van der Waals surface area (Å²) < 4.78 is 35.3. The van der Waals surface area contributed by atoms with Crippen molar-refractivity contribution in [3.8, 4) is 11.5 Å². The van der Waals surface area contributed by atoms with Crippen molar-refractivity contribution in [2.24, 2.45) is 17.6 Å². The monoisotopic (exact) mass is 378 g/mol. The minimum atomic E-state index is -2.96. The molecule has 1 amide bonds. The maximum Gasteiger partial charge on any atom is 0.387 e. The molecule has 0 radical (unpaired) electrons. The van der Waals surface area contributed by atoms with Crippen LogP contribution in [0.4, 0.5) is 8.78 Å². The van der Waals surface area contributed by atoms with Gasteiger partial charge in [0, 0.05) is 18.0 Å². The highest BCUT2D eigenvalue weighted by atomic mass is 35.5. The zero-order valence-corrected chi connectivity index (χ0v) is 15.0. The molecule has 1 saturated carbocycles. The summed E-state index contributed by atoms with van der Waals surface area (Å²) in [5, 5.41) is 2.81. The molecule has 1 fully saturated rings. The number of benzene rings is 1. The SMILES string of the molecule is CCOc1cccc(CNC(=O)[C@@H]2CCC[C@@H]2CN)c1OC(F)F.Cl. The van der Waals surface area contributed by atoms with Gasteiger partial charge < -0.3 is 20.5 Å². The van der Waals surface area contributed by atoms with Crippen molar-refractivity contribution in [2.75, 3.05) is 13.2 Å². The van der Waals surface area contributed by atoms with Gasteiger partial charge in [-0.2, -0.15) is 8.78 Å². The number of hydrogen-bond acceptors (Lipinski definition) is 4. The first-order chi connectivity index (χ1) is 11.6. The van der Waals surface area contributed by atoms with Crippen LogP contribution >= 0.6 is 12.4 Å². The van der Waals surface area contributed by atoms with Crippen molar-refractivity contribution in [3.63, 3.8) is 0 Å². The van der Waals surface area contributed by atoms with E-state index < -0.39 is 6.61 Å². The summed E-state index contributed by atoms with van der Waals surface area (Å²) in [5.41, 5.74) is 6.16. The maximum atomic E-state index is 12.7. The van der Waals surface area contributed by atoms with Gasteiger partial charge in [-0.25, -0.2) is 0 Å². The van der Waals surface area contributed by atoms with Crippen LogP contribution < -0.4 is 20.5 Å². The third-order valence-electron chi connectivity index (χ3n) is 4.32. The molecule has 1 aromatic rings. The zero-order chi connectivity index (χ0) is 17.5. The van der Waals surface area contributed by atoms with Crippen LogP contribution in [0.15, 0.2) is 18.2 Å². The van der Waals surface area contributed by atoms with Crippen molar-refractivity contribution < 1.29 is 23.0 Å². The fourth-order valence-corrected chi connectivity index (χ4v) is 3.17. The fraction of sp³-hybridized carbons (Fsp3) is 0.588. The van der Waals surface area contributed by atoms with Crippen LogP contribution in [0, 0.1) is 11.8 Å². The average Bonchev–Trinajstić information content (AvgIpc) is 3.03. The van der Waals surface area contributed by atoms with Crippen LogP contribution in [0.2, 0.25) is 0 Å². The average molecular weight is 379 g/mol. The van der Waals surface area contributed by atoms with Crippen LogP contribution in [-0.2, 0) is 11.3 Å².